The highest BCUT2D eigenvalue weighted by atomic mass is 16.6. The second-order valence-electron chi connectivity index (χ2n) is 4.38. The van der Waals surface area contributed by atoms with Gasteiger partial charge in [-0.25, -0.2) is 4.68 Å². The second kappa shape index (κ2) is 6.60. The highest BCUT2D eigenvalue weighted by Gasteiger charge is 2.11. The fraction of sp³-hybridized carbons (Fsp3) is 0.214. The van der Waals surface area contributed by atoms with Crippen molar-refractivity contribution in [3.8, 4) is 17.3 Å². The monoisotopic (exact) mass is 300 g/mol. The van der Waals surface area contributed by atoms with Crippen LogP contribution in [0.4, 0.5) is 5.69 Å². The molecule has 0 unspecified atom stereocenters. The van der Waals surface area contributed by atoms with Crippen LogP contribution in [-0.4, -0.2) is 28.4 Å². The lowest BCUT2D eigenvalue weighted by Gasteiger charge is -2.07. The molecule has 0 aliphatic rings. The molecular formula is C14H12N4O4. The van der Waals surface area contributed by atoms with E-state index in [0.29, 0.717) is 11.3 Å². The summed E-state index contributed by atoms with van der Waals surface area (Å²) in [6, 6.07) is 8.92. The Balaban J connectivity index is 2.48. The summed E-state index contributed by atoms with van der Waals surface area (Å²) in [4.78, 5) is 22.1. The van der Waals surface area contributed by atoms with Crippen LogP contribution in [0.3, 0.4) is 0 Å². The molecule has 0 aliphatic carbocycles. The number of hydrogen-bond acceptors (Lipinski definition) is 6. The zero-order valence-corrected chi connectivity index (χ0v) is 11.7. The maximum atomic E-state index is 12.0. The summed E-state index contributed by atoms with van der Waals surface area (Å²) in [5.74, 6) is 0. The van der Waals surface area contributed by atoms with E-state index < -0.39 is 10.5 Å². The van der Waals surface area contributed by atoms with E-state index >= 15 is 0 Å². The number of methoxy groups -OCH3 is 1. The first-order chi connectivity index (χ1) is 10.6. The van der Waals surface area contributed by atoms with Crippen LogP contribution >= 0.6 is 0 Å². The van der Waals surface area contributed by atoms with Gasteiger partial charge in [-0.1, -0.05) is 0 Å². The lowest BCUT2D eigenvalue weighted by atomic mass is 10.1. The first-order valence-electron chi connectivity index (χ1n) is 6.33. The Kier molecular flexibility index (Phi) is 4.60. The number of nitriles is 1. The summed E-state index contributed by atoms with van der Waals surface area (Å²) in [6.45, 7) is 0.492. The molecule has 0 atom stereocenters. The number of nitro benzene ring substituents is 1. The Labute approximate surface area is 125 Å². The van der Waals surface area contributed by atoms with Crippen molar-refractivity contribution in [2.75, 3.05) is 13.7 Å². The predicted molar refractivity (Wildman–Crippen MR) is 77.2 cm³/mol. The summed E-state index contributed by atoms with van der Waals surface area (Å²) >= 11 is 0. The van der Waals surface area contributed by atoms with Crippen LogP contribution in [-0.2, 0) is 11.3 Å². The third-order valence-corrected chi connectivity index (χ3v) is 2.98. The molecule has 2 aromatic rings. The third-order valence-electron chi connectivity index (χ3n) is 2.98. The minimum Gasteiger partial charge on any atom is -0.383 e. The quantitative estimate of drug-likeness (QED) is 0.608. The summed E-state index contributed by atoms with van der Waals surface area (Å²) in [5.41, 5.74) is 0.386. The number of ether oxygens (including phenoxy) is 1. The third kappa shape index (κ3) is 3.16. The Morgan fingerprint density at radius 1 is 1.41 bits per heavy atom. The minimum atomic E-state index is -0.503. The molecule has 0 radical (unpaired) electrons. The maximum absolute atomic E-state index is 12.0. The molecule has 0 amide bonds. The fourth-order valence-corrected chi connectivity index (χ4v) is 1.85. The molecule has 1 heterocycles. The van der Waals surface area contributed by atoms with E-state index in [1.807, 2.05) is 6.07 Å². The van der Waals surface area contributed by atoms with Crippen LogP contribution in [0.2, 0.25) is 0 Å². The summed E-state index contributed by atoms with van der Waals surface area (Å²) in [7, 11) is 1.50. The Morgan fingerprint density at radius 3 is 2.64 bits per heavy atom. The minimum absolute atomic E-state index is 0.0422. The van der Waals surface area contributed by atoms with Crippen molar-refractivity contribution in [2.24, 2.45) is 0 Å². The zero-order chi connectivity index (χ0) is 16.1. The number of rotatable bonds is 5. The average molecular weight is 300 g/mol. The number of benzene rings is 1. The van der Waals surface area contributed by atoms with E-state index in [9.17, 15) is 14.9 Å². The van der Waals surface area contributed by atoms with Crippen molar-refractivity contribution < 1.29 is 9.66 Å². The van der Waals surface area contributed by atoms with Crippen LogP contribution in [0.1, 0.15) is 5.56 Å². The van der Waals surface area contributed by atoms with Crippen LogP contribution in [0, 0.1) is 21.4 Å². The van der Waals surface area contributed by atoms with Gasteiger partial charge in [0.25, 0.3) is 11.2 Å². The first-order valence-corrected chi connectivity index (χ1v) is 6.33. The molecule has 0 fully saturated rings. The van der Waals surface area contributed by atoms with E-state index in [1.54, 1.807) is 0 Å². The van der Waals surface area contributed by atoms with Crippen molar-refractivity contribution in [1.29, 1.82) is 5.26 Å². The van der Waals surface area contributed by atoms with Gasteiger partial charge in [0.1, 0.15) is 11.6 Å². The second-order valence-corrected chi connectivity index (χ2v) is 4.38. The molecular weight excluding hydrogens is 288 g/mol. The van der Waals surface area contributed by atoms with Crippen molar-refractivity contribution in [3.63, 3.8) is 0 Å². The Bertz CT molecular complexity index is 790. The fourth-order valence-electron chi connectivity index (χ4n) is 1.85. The van der Waals surface area contributed by atoms with Gasteiger partial charge in [0.2, 0.25) is 0 Å². The van der Waals surface area contributed by atoms with Gasteiger partial charge in [-0.3, -0.25) is 14.9 Å². The Hall–Kier alpha value is -3.05. The highest BCUT2D eigenvalue weighted by molar-refractivity contribution is 5.61. The molecule has 0 bridgehead atoms. The molecule has 0 aliphatic heterocycles. The van der Waals surface area contributed by atoms with Gasteiger partial charge >= 0.3 is 0 Å². The van der Waals surface area contributed by atoms with Crippen molar-refractivity contribution in [3.05, 3.63) is 56.4 Å². The predicted octanol–water partition coefficient (Wildman–Crippen LogP) is 1.34. The molecule has 0 spiro atoms. The number of hydrogen-bond donors (Lipinski definition) is 0. The molecule has 0 saturated heterocycles. The van der Waals surface area contributed by atoms with E-state index in [4.69, 9.17) is 10.00 Å². The SMILES string of the molecule is COCCn1nc(-c2ccc([N+](=O)[O-])cc2)cc(C#N)c1=O. The van der Waals surface area contributed by atoms with Crippen LogP contribution in [0.5, 0.6) is 0 Å². The van der Waals surface area contributed by atoms with Gasteiger partial charge in [-0.05, 0) is 18.2 Å². The molecule has 0 N–H and O–H groups in total. The smallest absolute Gasteiger partial charge is 0.284 e. The molecule has 1 aromatic carbocycles. The molecule has 8 heteroatoms. The average Bonchev–Trinajstić information content (AvgIpc) is 2.54. The van der Waals surface area contributed by atoms with Crippen molar-refractivity contribution in [1.82, 2.24) is 9.78 Å². The van der Waals surface area contributed by atoms with Crippen molar-refractivity contribution in [2.45, 2.75) is 6.54 Å². The number of nitrogens with zero attached hydrogens (tertiary/aromatic N) is 4. The van der Waals surface area contributed by atoms with Crippen LogP contribution < -0.4 is 5.56 Å². The molecule has 8 nitrogen and oxygen atoms in total. The van der Waals surface area contributed by atoms with Gasteiger partial charge in [0.05, 0.1) is 23.8 Å². The van der Waals surface area contributed by atoms with Crippen LogP contribution in [0.15, 0.2) is 35.1 Å². The molecule has 112 valence electrons. The molecule has 1 aromatic heterocycles. The lowest BCUT2D eigenvalue weighted by molar-refractivity contribution is -0.384. The molecule has 2 rings (SSSR count). The van der Waals surface area contributed by atoms with Crippen LogP contribution in [0.25, 0.3) is 11.3 Å². The topological polar surface area (TPSA) is 111 Å². The summed E-state index contributed by atoms with van der Waals surface area (Å²) in [5, 5.41) is 23.9. The van der Waals surface area contributed by atoms with Crippen molar-refractivity contribution >= 4 is 5.69 Å². The Morgan fingerprint density at radius 2 is 2.09 bits per heavy atom. The van der Waals surface area contributed by atoms with E-state index in [0.717, 1.165) is 4.68 Å². The van der Waals surface area contributed by atoms with E-state index in [1.165, 1.54) is 37.4 Å². The van der Waals surface area contributed by atoms with Gasteiger partial charge in [0, 0.05) is 24.8 Å². The van der Waals surface area contributed by atoms with Gasteiger partial charge < -0.3 is 4.74 Å². The molecule has 22 heavy (non-hydrogen) atoms. The highest BCUT2D eigenvalue weighted by Crippen LogP contribution is 2.20. The number of aromatic nitrogens is 2. The van der Waals surface area contributed by atoms with Gasteiger partial charge in [0.15, 0.2) is 0 Å². The van der Waals surface area contributed by atoms with Gasteiger partial charge in [-0.2, -0.15) is 10.4 Å². The summed E-state index contributed by atoms with van der Waals surface area (Å²) < 4.78 is 6.06. The van der Waals surface area contributed by atoms with Gasteiger partial charge in [-0.15, -0.1) is 0 Å². The van der Waals surface area contributed by atoms with E-state index in [2.05, 4.69) is 5.10 Å². The van der Waals surface area contributed by atoms with E-state index in [-0.39, 0.29) is 24.4 Å². The molecule has 0 saturated carbocycles. The number of non-ortho nitro benzene ring substituents is 1. The number of nitro groups is 1. The normalized spacial score (nSPS) is 10.2. The maximum Gasteiger partial charge on any atom is 0.284 e. The standard InChI is InChI=1S/C14H12N4O4/c1-22-7-6-17-14(19)11(9-15)8-13(16-17)10-2-4-12(5-3-10)18(20)21/h2-5,8H,6-7H2,1H3. The summed E-state index contributed by atoms with van der Waals surface area (Å²) in [6.07, 6.45) is 0. The zero-order valence-electron chi connectivity index (χ0n) is 11.7. The largest absolute Gasteiger partial charge is 0.383 e. The lowest BCUT2D eigenvalue weighted by Crippen LogP contribution is -2.27. The first kappa shape index (κ1) is 15.3.